The van der Waals surface area contributed by atoms with E-state index in [0.29, 0.717) is 19.4 Å². The Bertz CT molecular complexity index is 873. The lowest BCUT2D eigenvalue weighted by molar-refractivity contribution is -0.116. The van der Waals surface area contributed by atoms with Crippen LogP contribution < -0.4 is 10.1 Å². The molecule has 0 saturated carbocycles. The third-order valence-electron chi connectivity index (χ3n) is 4.08. The molecule has 0 saturated heterocycles. The molecule has 4 heteroatoms. The predicted octanol–water partition coefficient (Wildman–Crippen LogP) is 4.65. The summed E-state index contributed by atoms with van der Waals surface area (Å²) >= 11 is 0. The zero-order valence-electron chi connectivity index (χ0n) is 14.6. The van der Waals surface area contributed by atoms with Crippen LogP contribution in [0, 0.1) is 13.8 Å². The molecule has 128 valence electrons. The van der Waals surface area contributed by atoms with E-state index in [-0.39, 0.29) is 5.91 Å². The molecule has 3 rings (SSSR count). The van der Waals surface area contributed by atoms with Gasteiger partial charge in [-0.15, -0.1) is 0 Å². The van der Waals surface area contributed by atoms with Gasteiger partial charge in [0.2, 0.25) is 5.91 Å². The van der Waals surface area contributed by atoms with Crippen LogP contribution >= 0.6 is 0 Å². The third kappa shape index (κ3) is 4.35. The van der Waals surface area contributed by atoms with E-state index < -0.39 is 0 Å². The van der Waals surface area contributed by atoms with Gasteiger partial charge in [0.1, 0.15) is 5.75 Å². The number of amides is 1. The van der Waals surface area contributed by atoms with Gasteiger partial charge in [0.05, 0.1) is 17.8 Å². The number of hydrogen-bond acceptors (Lipinski definition) is 3. The molecule has 3 aromatic rings. The van der Waals surface area contributed by atoms with E-state index in [1.165, 1.54) is 5.56 Å². The summed E-state index contributed by atoms with van der Waals surface area (Å²) in [6, 6.07) is 15.7. The largest absolute Gasteiger partial charge is 0.494 e. The molecule has 4 nitrogen and oxygen atoms in total. The maximum absolute atomic E-state index is 12.2. The van der Waals surface area contributed by atoms with Crippen LogP contribution in [-0.4, -0.2) is 17.5 Å². The third-order valence-corrected chi connectivity index (χ3v) is 4.08. The zero-order chi connectivity index (χ0) is 17.6. The Kier molecular flexibility index (Phi) is 5.29. The van der Waals surface area contributed by atoms with E-state index in [9.17, 15) is 4.79 Å². The van der Waals surface area contributed by atoms with Crippen LogP contribution in [0.1, 0.15) is 24.0 Å². The van der Waals surface area contributed by atoms with E-state index in [1.807, 2.05) is 62.4 Å². The highest BCUT2D eigenvalue weighted by Gasteiger charge is 2.08. The number of benzene rings is 2. The molecule has 0 bridgehead atoms. The summed E-state index contributed by atoms with van der Waals surface area (Å²) < 4.78 is 5.66. The van der Waals surface area contributed by atoms with Crippen molar-refractivity contribution < 1.29 is 9.53 Å². The fourth-order valence-corrected chi connectivity index (χ4v) is 2.69. The minimum Gasteiger partial charge on any atom is -0.494 e. The summed E-state index contributed by atoms with van der Waals surface area (Å²) in [5.41, 5.74) is 4.02. The van der Waals surface area contributed by atoms with Gasteiger partial charge in [0.15, 0.2) is 0 Å². The van der Waals surface area contributed by atoms with Crippen LogP contribution in [0.4, 0.5) is 5.69 Å². The Morgan fingerprint density at radius 3 is 2.68 bits per heavy atom. The standard InChI is InChI=1S/C21H22N2O2/c1-15-7-10-17(11-8-15)25-14-4-6-20(24)23-19-12-9-16(2)21-18(19)5-3-13-22-21/h3,5,7-13H,4,6,14H2,1-2H3,(H,23,24). The molecule has 0 atom stereocenters. The lowest BCUT2D eigenvalue weighted by atomic mass is 10.1. The number of nitrogens with zero attached hydrogens (tertiary/aromatic N) is 1. The SMILES string of the molecule is Cc1ccc(OCCCC(=O)Nc2ccc(C)c3ncccc23)cc1. The van der Waals surface area contributed by atoms with Crippen molar-refractivity contribution in [3.63, 3.8) is 0 Å². The lowest BCUT2D eigenvalue weighted by Crippen LogP contribution is -2.13. The highest BCUT2D eigenvalue weighted by molar-refractivity contribution is 6.01. The van der Waals surface area contributed by atoms with Gasteiger partial charge in [-0.05, 0) is 56.2 Å². The van der Waals surface area contributed by atoms with Crippen LogP contribution in [0.2, 0.25) is 0 Å². The normalized spacial score (nSPS) is 10.6. The first-order chi connectivity index (χ1) is 12.1. The minimum absolute atomic E-state index is 0.0125. The average Bonchev–Trinajstić information content (AvgIpc) is 2.63. The van der Waals surface area contributed by atoms with Crippen molar-refractivity contribution in [2.45, 2.75) is 26.7 Å². The second kappa shape index (κ2) is 7.79. The number of aromatic nitrogens is 1. The summed E-state index contributed by atoms with van der Waals surface area (Å²) in [6.07, 6.45) is 2.85. The van der Waals surface area contributed by atoms with Gasteiger partial charge in [-0.1, -0.05) is 23.8 Å². The number of rotatable bonds is 6. The molecule has 0 unspecified atom stereocenters. The number of aryl methyl sites for hydroxylation is 2. The summed E-state index contributed by atoms with van der Waals surface area (Å²) in [5.74, 6) is 0.822. The molecule has 0 fully saturated rings. The van der Waals surface area contributed by atoms with E-state index in [4.69, 9.17) is 4.74 Å². The van der Waals surface area contributed by atoms with E-state index in [2.05, 4.69) is 10.3 Å². The number of carbonyl (C=O) groups excluding carboxylic acids is 1. The summed E-state index contributed by atoms with van der Waals surface area (Å²) in [5, 5.41) is 3.95. The number of hydrogen-bond donors (Lipinski definition) is 1. The van der Waals surface area contributed by atoms with E-state index in [1.54, 1.807) is 6.20 Å². The predicted molar refractivity (Wildman–Crippen MR) is 101 cm³/mol. The van der Waals surface area contributed by atoms with Crippen molar-refractivity contribution in [2.75, 3.05) is 11.9 Å². The smallest absolute Gasteiger partial charge is 0.224 e. The topological polar surface area (TPSA) is 51.2 Å². The number of pyridine rings is 1. The van der Waals surface area contributed by atoms with Gasteiger partial charge >= 0.3 is 0 Å². The van der Waals surface area contributed by atoms with E-state index in [0.717, 1.165) is 27.9 Å². The molecule has 0 radical (unpaired) electrons. The van der Waals surface area contributed by atoms with Gasteiger partial charge in [0, 0.05) is 18.0 Å². The number of anilines is 1. The molecular weight excluding hydrogens is 312 g/mol. The molecule has 0 aliphatic rings. The van der Waals surface area contributed by atoms with Gasteiger partial charge < -0.3 is 10.1 Å². The van der Waals surface area contributed by atoms with Crippen molar-refractivity contribution >= 4 is 22.5 Å². The molecule has 0 aliphatic heterocycles. The second-order valence-corrected chi connectivity index (χ2v) is 6.14. The Morgan fingerprint density at radius 2 is 1.88 bits per heavy atom. The number of fused-ring (bicyclic) bond motifs is 1. The van der Waals surface area contributed by atoms with Gasteiger partial charge in [-0.3, -0.25) is 9.78 Å². The Hall–Kier alpha value is -2.88. The van der Waals surface area contributed by atoms with Gasteiger partial charge in [-0.2, -0.15) is 0 Å². The molecule has 2 aromatic carbocycles. The Labute approximate surface area is 147 Å². The first kappa shape index (κ1) is 17.0. The lowest BCUT2D eigenvalue weighted by Gasteiger charge is -2.10. The van der Waals surface area contributed by atoms with Crippen molar-refractivity contribution in [3.05, 3.63) is 65.9 Å². The monoisotopic (exact) mass is 334 g/mol. The summed E-state index contributed by atoms with van der Waals surface area (Å²) in [4.78, 5) is 16.6. The molecule has 1 N–H and O–H groups in total. The zero-order valence-corrected chi connectivity index (χ0v) is 14.6. The number of nitrogens with one attached hydrogen (secondary N) is 1. The molecule has 1 heterocycles. The maximum atomic E-state index is 12.2. The molecule has 0 spiro atoms. The molecular formula is C21H22N2O2. The summed E-state index contributed by atoms with van der Waals surface area (Å²) in [7, 11) is 0. The van der Waals surface area contributed by atoms with Crippen molar-refractivity contribution in [2.24, 2.45) is 0 Å². The molecule has 1 amide bonds. The van der Waals surface area contributed by atoms with Crippen LogP contribution in [0.15, 0.2) is 54.7 Å². The highest BCUT2D eigenvalue weighted by Crippen LogP contribution is 2.24. The average molecular weight is 334 g/mol. The van der Waals surface area contributed by atoms with Crippen LogP contribution in [-0.2, 0) is 4.79 Å². The number of ether oxygens (including phenoxy) is 1. The van der Waals surface area contributed by atoms with Crippen LogP contribution in [0.25, 0.3) is 10.9 Å². The first-order valence-corrected chi connectivity index (χ1v) is 8.47. The van der Waals surface area contributed by atoms with Crippen molar-refractivity contribution in [3.8, 4) is 5.75 Å². The maximum Gasteiger partial charge on any atom is 0.224 e. The van der Waals surface area contributed by atoms with Crippen LogP contribution in [0.5, 0.6) is 5.75 Å². The van der Waals surface area contributed by atoms with Crippen molar-refractivity contribution in [1.82, 2.24) is 4.98 Å². The Morgan fingerprint density at radius 1 is 1.08 bits per heavy atom. The van der Waals surface area contributed by atoms with Crippen LogP contribution in [0.3, 0.4) is 0 Å². The van der Waals surface area contributed by atoms with Gasteiger partial charge in [-0.25, -0.2) is 0 Å². The fourth-order valence-electron chi connectivity index (χ4n) is 2.69. The number of carbonyl (C=O) groups is 1. The molecule has 1 aromatic heterocycles. The highest BCUT2D eigenvalue weighted by atomic mass is 16.5. The second-order valence-electron chi connectivity index (χ2n) is 6.14. The first-order valence-electron chi connectivity index (χ1n) is 8.47. The summed E-state index contributed by atoms with van der Waals surface area (Å²) in [6.45, 7) is 4.58. The van der Waals surface area contributed by atoms with Crippen molar-refractivity contribution in [1.29, 1.82) is 0 Å². The molecule has 25 heavy (non-hydrogen) atoms. The van der Waals surface area contributed by atoms with E-state index >= 15 is 0 Å². The minimum atomic E-state index is -0.0125. The van der Waals surface area contributed by atoms with Gasteiger partial charge in [0.25, 0.3) is 0 Å². The fraction of sp³-hybridized carbons (Fsp3) is 0.238. The Balaban J connectivity index is 1.53. The quantitative estimate of drug-likeness (QED) is 0.668. The molecule has 0 aliphatic carbocycles.